The molecular formula is C9H9BrClNO. The average molecular weight is 263 g/mol. The van der Waals surface area contributed by atoms with Gasteiger partial charge in [0.25, 0.3) is 0 Å². The number of hydrogen-bond acceptors (Lipinski definition) is 2. The summed E-state index contributed by atoms with van der Waals surface area (Å²) in [5.74, 6) is 0.824. The molecule has 2 unspecified atom stereocenters. The third-order valence-electron chi connectivity index (χ3n) is 2.21. The normalized spacial score (nSPS) is 25.5. The van der Waals surface area contributed by atoms with Crippen LogP contribution in [0.5, 0.6) is 5.75 Å². The molecule has 0 spiro atoms. The van der Waals surface area contributed by atoms with Gasteiger partial charge in [0.2, 0.25) is 0 Å². The molecule has 1 aliphatic heterocycles. The predicted octanol–water partition coefficient (Wildman–Crippen LogP) is 2.88. The van der Waals surface area contributed by atoms with Crippen molar-refractivity contribution < 1.29 is 4.74 Å². The summed E-state index contributed by atoms with van der Waals surface area (Å²) >= 11 is 9.29. The number of nitrogens with two attached hydrogens (primary N) is 1. The summed E-state index contributed by atoms with van der Waals surface area (Å²) in [4.78, 5) is 0. The lowest BCUT2D eigenvalue weighted by Crippen LogP contribution is -2.21. The third kappa shape index (κ3) is 1.45. The van der Waals surface area contributed by atoms with Crippen molar-refractivity contribution in [2.45, 2.75) is 19.1 Å². The van der Waals surface area contributed by atoms with Crippen molar-refractivity contribution in [3.05, 3.63) is 27.2 Å². The molecule has 2 atom stereocenters. The van der Waals surface area contributed by atoms with E-state index >= 15 is 0 Å². The van der Waals surface area contributed by atoms with Crippen molar-refractivity contribution in [1.82, 2.24) is 0 Å². The van der Waals surface area contributed by atoms with Gasteiger partial charge < -0.3 is 10.5 Å². The predicted molar refractivity (Wildman–Crippen MR) is 56.2 cm³/mol. The smallest absolute Gasteiger partial charge is 0.138 e. The molecule has 13 heavy (non-hydrogen) atoms. The average Bonchev–Trinajstić information content (AvgIpc) is 2.32. The lowest BCUT2D eigenvalue weighted by molar-refractivity contribution is 0.227. The number of benzene rings is 1. The van der Waals surface area contributed by atoms with Crippen LogP contribution in [0.25, 0.3) is 0 Å². The van der Waals surface area contributed by atoms with E-state index in [1.54, 1.807) is 0 Å². The summed E-state index contributed by atoms with van der Waals surface area (Å²) in [5, 5.41) is 0.679. The monoisotopic (exact) mass is 261 g/mol. The molecule has 4 heteroatoms. The van der Waals surface area contributed by atoms with Crippen molar-refractivity contribution in [3.63, 3.8) is 0 Å². The number of hydrogen-bond donors (Lipinski definition) is 1. The van der Waals surface area contributed by atoms with Gasteiger partial charge in [0, 0.05) is 10.6 Å². The molecule has 1 aromatic carbocycles. The van der Waals surface area contributed by atoms with E-state index in [9.17, 15) is 0 Å². The zero-order chi connectivity index (χ0) is 9.59. The Labute approximate surface area is 90.1 Å². The highest BCUT2D eigenvalue weighted by Crippen LogP contribution is 2.42. The van der Waals surface area contributed by atoms with Crippen molar-refractivity contribution >= 4 is 27.5 Å². The molecule has 2 nitrogen and oxygen atoms in total. The molecule has 1 heterocycles. The third-order valence-corrected chi connectivity index (χ3v) is 3.01. The van der Waals surface area contributed by atoms with Crippen LogP contribution in [0.1, 0.15) is 18.5 Å². The van der Waals surface area contributed by atoms with Gasteiger partial charge in [-0.2, -0.15) is 0 Å². The first-order valence-electron chi connectivity index (χ1n) is 4.01. The van der Waals surface area contributed by atoms with Crippen molar-refractivity contribution in [2.75, 3.05) is 0 Å². The zero-order valence-corrected chi connectivity index (χ0v) is 9.39. The van der Waals surface area contributed by atoms with Gasteiger partial charge in [-0.15, -0.1) is 0 Å². The SMILES string of the molecule is CC1Oc2c(Br)cc(Cl)cc2C1N. The van der Waals surface area contributed by atoms with Crippen LogP contribution in [0.3, 0.4) is 0 Å². The minimum atomic E-state index is -0.0787. The van der Waals surface area contributed by atoms with Gasteiger partial charge in [-0.25, -0.2) is 0 Å². The van der Waals surface area contributed by atoms with Gasteiger partial charge in [0.05, 0.1) is 10.5 Å². The van der Waals surface area contributed by atoms with Crippen molar-refractivity contribution in [1.29, 1.82) is 0 Å². The second-order valence-corrected chi connectivity index (χ2v) is 4.45. The van der Waals surface area contributed by atoms with Gasteiger partial charge >= 0.3 is 0 Å². The van der Waals surface area contributed by atoms with E-state index in [2.05, 4.69) is 15.9 Å². The summed E-state index contributed by atoms with van der Waals surface area (Å²) in [5.41, 5.74) is 6.90. The molecule has 2 N–H and O–H groups in total. The number of ether oxygens (including phenoxy) is 1. The van der Waals surface area contributed by atoms with Crippen LogP contribution < -0.4 is 10.5 Å². The Morgan fingerprint density at radius 2 is 2.23 bits per heavy atom. The molecule has 0 fully saturated rings. The van der Waals surface area contributed by atoms with E-state index < -0.39 is 0 Å². The summed E-state index contributed by atoms with van der Waals surface area (Å²) in [6.45, 7) is 1.95. The second-order valence-electron chi connectivity index (χ2n) is 3.15. The van der Waals surface area contributed by atoms with Crippen LogP contribution in [0.15, 0.2) is 16.6 Å². The molecule has 0 aliphatic carbocycles. The summed E-state index contributed by atoms with van der Waals surface area (Å²) in [6, 6.07) is 3.59. The summed E-state index contributed by atoms with van der Waals surface area (Å²) in [7, 11) is 0. The molecule has 2 rings (SSSR count). The molecule has 0 saturated carbocycles. The van der Waals surface area contributed by atoms with E-state index in [-0.39, 0.29) is 12.1 Å². The molecular weight excluding hydrogens is 253 g/mol. The lowest BCUT2D eigenvalue weighted by Gasteiger charge is -2.07. The van der Waals surface area contributed by atoms with Crippen molar-refractivity contribution in [2.24, 2.45) is 5.73 Å². The Balaban J connectivity index is 2.57. The maximum Gasteiger partial charge on any atom is 0.138 e. The van der Waals surface area contributed by atoms with Crippen LogP contribution in [0, 0.1) is 0 Å². The highest BCUT2D eigenvalue weighted by Gasteiger charge is 2.29. The molecule has 1 aromatic rings. The van der Waals surface area contributed by atoms with Crippen LogP contribution in [0.2, 0.25) is 5.02 Å². The maximum absolute atomic E-state index is 5.92. The van der Waals surface area contributed by atoms with Gasteiger partial charge in [0.15, 0.2) is 0 Å². The fourth-order valence-electron chi connectivity index (χ4n) is 1.46. The van der Waals surface area contributed by atoms with Crippen molar-refractivity contribution in [3.8, 4) is 5.75 Å². The van der Waals surface area contributed by atoms with Gasteiger partial charge in [-0.05, 0) is 35.0 Å². The van der Waals surface area contributed by atoms with Crippen LogP contribution >= 0.6 is 27.5 Å². The van der Waals surface area contributed by atoms with E-state index in [0.29, 0.717) is 5.02 Å². The molecule has 70 valence electrons. The maximum atomic E-state index is 5.92. The molecule has 0 bridgehead atoms. The van der Waals surface area contributed by atoms with E-state index in [1.165, 1.54) is 0 Å². The molecule has 1 aliphatic rings. The second kappa shape index (κ2) is 3.15. The first-order chi connectivity index (χ1) is 6.09. The first-order valence-corrected chi connectivity index (χ1v) is 5.18. The van der Waals surface area contributed by atoms with E-state index in [4.69, 9.17) is 22.1 Å². The topological polar surface area (TPSA) is 35.2 Å². The molecule has 0 radical (unpaired) electrons. The fourth-order valence-corrected chi connectivity index (χ4v) is 2.39. The fraction of sp³-hybridized carbons (Fsp3) is 0.333. The Morgan fingerprint density at radius 1 is 1.54 bits per heavy atom. The van der Waals surface area contributed by atoms with Crippen LogP contribution in [-0.2, 0) is 0 Å². The van der Waals surface area contributed by atoms with Crippen LogP contribution in [0.4, 0.5) is 0 Å². The molecule has 0 amide bonds. The molecule has 0 saturated heterocycles. The van der Waals surface area contributed by atoms with Gasteiger partial charge in [-0.3, -0.25) is 0 Å². The minimum absolute atomic E-state index is 0.0183. The van der Waals surface area contributed by atoms with Crippen LogP contribution in [-0.4, -0.2) is 6.10 Å². The number of halogens is 2. The number of fused-ring (bicyclic) bond motifs is 1. The zero-order valence-electron chi connectivity index (χ0n) is 7.05. The largest absolute Gasteiger partial charge is 0.487 e. The van der Waals surface area contributed by atoms with Gasteiger partial charge in [-0.1, -0.05) is 11.6 Å². The Kier molecular flexibility index (Phi) is 2.26. The Hall–Kier alpha value is -0.250. The van der Waals surface area contributed by atoms with E-state index in [1.807, 2.05) is 19.1 Å². The van der Waals surface area contributed by atoms with Gasteiger partial charge in [0.1, 0.15) is 11.9 Å². The Bertz CT molecular complexity index is 356. The summed E-state index contributed by atoms with van der Waals surface area (Å²) < 4.78 is 6.44. The standard InChI is InChI=1S/C9H9BrClNO/c1-4-8(12)6-2-5(11)3-7(10)9(6)13-4/h2-4,8H,12H2,1H3. The molecule has 0 aromatic heterocycles. The highest BCUT2D eigenvalue weighted by atomic mass is 79.9. The number of rotatable bonds is 0. The van der Waals surface area contributed by atoms with E-state index in [0.717, 1.165) is 15.8 Å². The lowest BCUT2D eigenvalue weighted by atomic mass is 10.1. The highest BCUT2D eigenvalue weighted by molar-refractivity contribution is 9.10. The first kappa shape index (κ1) is 9.31. The quantitative estimate of drug-likeness (QED) is 0.780. The summed E-state index contributed by atoms with van der Waals surface area (Å²) in [6.07, 6.45) is 0.0183. The Morgan fingerprint density at radius 3 is 2.92 bits per heavy atom. The minimum Gasteiger partial charge on any atom is -0.487 e.